The minimum Gasteiger partial charge on any atom is -0.352 e. The summed E-state index contributed by atoms with van der Waals surface area (Å²) in [4.78, 5) is 28.2. The van der Waals surface area contributed by atoms with Gasteiger partial charge in [-0.3, -0.25) is 13.9 Å². The lowest BCUT2D eigenvalue weighted by atomic mass is 10.1. The summed E-state index contributed by atoms with van der Waals surface area (Å²) < 4.78 is 26.1. The first-order valence-electron chi connectivity index (χ1n) is 12.3. The predicted molar refractivity (Wildman–Crippen MR) is 147 cm³/mol. The second kappa shape index (κ2) is 13.7. The molecule has 0 unspecified atom stereocenters. The molecule has 2 atom stereocenters. The Balaban J connectivity index is 2.23. The molecule has 2 aromatic carbocycles. The third kappa shape index (κ3) is 8.82. The van der Waals surface area contributed by atoms with Crippen LogP contribution in [0.1, 0.15) is 57.6 Å². The molecule has 0 fully saturated rings. The number of hydrogen-bond acceptors (Lipinski definition) is 4. The Bertz CT molecular complexity index is 1140. The van der Waals surface area contributed by atoms with Crippen LogP contribution < -0.4 is 9.62 Å². The fraction of sp³-hybridized carbons (Fsp3) is 0.481. The molecular weight excluding hydrogens is 498 g/mol. The molecule has 9 heteroatoms. The number of aryl methyl sites for hydroxylation is 1. The molecule has 0 aromatic heterocycles. The Morgan fingerprint density at radius 2 is 1.75 bits per heavy atom. The van der Waals surface area contributed by atoms with Crippen molar-refractivity contribution in [2.24, 2.45) is 0 Å². The van der Waals surface area contributed by atoms with Crippen LogP contribution in [0.3, 0.4) is 0 Å². The second-order valence-electron chi connectivity index (χ2n) is 9.17. The van der Waals surface area contributed by atoms with Crippen molar-refractivity contribution in [3.05, 3.63) is 64.7 Å². The van der Waals surface area contributed by atoms with Crippen LogP contribution in [0.5, 0.6) is 0 Å². The van der Waals surface area contributed by atoms with Crippen LogP contribution >= 0.6 is 11.6 Å². The van der Waals surface area contributed by atoms with Crippen molar-refractivity contribution in [2.75, 3.05) is 17.1 Å². The lowest BCUT2D eigenvalue weighted by Gasteiger charge is -2.32. The van der Waals surface area contributed by atoms with E-state index < -0.39 is 16.1 Å². The average molecular weight is 536 g/mol. The smallest absolute Gasteiger partial charge is 0.243 e. The monoisotopic (exact) mass is 535 g/mol. The molecule has 36 heavy (non-hydrogen) atoms. The molecule has 2 aromatic rings. The van der Waals surface area contributed by atoms with Gasteiger partial charge >= 0.3 is 0 Å². The van der Waals surface area contributed by atoms with E-state index in [1.165, 1.54) is 4.31 Å². The van der Waals surface area contributed by atoms with Gasteiger partial charge in [-0.05, 0) is 56.9 Å². The van der Waals surface area contributed by atoms with Gasteiger partial charge in [-0.15, -0.1) is 0 Å². The van der Waals surface area contributed by atoms with Gasteiger partial charge in [-0.25, -0.2) is 8.42 Å². The highest BCUT2D eigenvalue weighted by atomic mass is 35.5. The third-order valence-electron chi connectivity index (χ3n) is 6.07. The Morgan fingerprint density at radius 1 is 1.06 bits per heavy atom. The maximum atomic E-state index is 13.5. The number of sulfonamides is 1. The second-order valence-corrected chi connectivity index (χ2v) is 11.5. The third-order valence-corrected chi connectivity index (χ3v) is 7.50. The van der Waals surface area contributed by atoms with E-state index in [1.54, 1.807) is 29.2 Å². The molecule has 0 heterocycles. The number of rotatable bonds is 13. The SMILES string of the molecule is CC[C@H](C(=O)N[C@@H](C)CC)N(Cc1cccc(C)c1)C(=O)CCCN(c1cccc(Cl)c1)S(C)(=O)=O. The van der Waals surface area contributed by atoms with E-state index in [9.17, 15) is 18.0 Å². The normalized spacial score (nSPS) is 13.1. The molecule has 0 spiro atoms. The highest BCUT2D eigenvalue weighted by Crippen LogP contribution is 2.23. The van der Waals surface area contributed by atoms with Crippen LogP contribution in [-0.4, -0.2) is 50.0 Å². The summed E-state index contributed by atoms with van der Waals surface area (Å²) in [5.41, 5.74) is 2.46. The highest BCUT2D eigenvalue weighted by molar-refractivity contribution is 7.92. The number of amides is 2. The van der Waals surface area contributed by atoms with Crippen molar-refractivity contribution in [1.29, 1.82) is 0 Å². The van der Waals surface area contributed by atoms with Gasteiger partial charge in [0.15, 0.2) is 0 Å². The summed E-state index contributed by atoms with van der Waals surface area (Å²) in [6, 6.07) is 13.9. The van der Waals surface area contributed by atoms with E-state index in [-0.39, 0.29) is 30.8 Å². The Kier molecular flexibility index (Phi) is 11.2. The van der Waals surface area contributed by atoms with Gasteiger partial charge in [0.1, 0.15) is 6.04 Å². The Hall–Kier alpha value is -2.58. The lowest BCUT2D eigenvalue weighted by molar-refractivity contribution is -0.141. The van der Waals surface area contributed by atoms with E-state index in [4.69, 9.17) is 11.6 Å². The van der Waals surface area contributed by atoms with Gasteiger partial charge in [0.25, 0.3) is 0 Å². The fourth-order valence-electron chi connectivity index (χ4n) is 4.00. The van der Waals surface area contributed by atoms with Crippen LogP contribution in [0.15, 0.2) is 48.5 Å². The van der Waals surface area contributed by atoms with Crippen molar-refractivity contribution in [3.63, 3.8) is 0 Å². The first-order valence-corrected chi connectivity index (χ1v) is 14.6. The quantitative estimate of drug-likeness (QED) is 0.394. The lowest BCUT2D eigenvalue weighted by Crippen LogP contribution is -2.50. The molecule has 2 rings (SSSR count). The van der Waals surface area contributed by atoms with Crippen molar-refractivity contribution >= 4 is 39.1 Å². The van der Waals surface area contributed by atoms with Gasteiger partial charge in [0.05, 0.1) is 11.9 Å². The van der Waals surface area contributed by atoms with Crippen LogP contribution in [0, 0.1) is 6.92 Å². The average Bonchev–Trinajstić information content (AvgIpc) is 2.80. The first kappa shape index (κ1) is 29.6. The van der Waals surface area contributed by atoms with E-state index in [1.807, 2.05) is 52.0 Å². The zero-order chi connectivity index (χ0) is 26.9. The van der Waals surface area contributed by atoms with E-state index in [0.717, 1.165) is 23.8 Å². The summed E-state index contributed by atoms with van der Waals surface area (Å²) in [5.74, 6) is -0.369. The number of nitrogens with zero attached hydrogens (tertiary/aromatic N) is 2. The van der Waals surface area contributed by atoms with Crippen LogP contribution in [0.4, 0.5) is 5.69 Å². The standard InChI is InChI=1S/C27H38ClN3O4S/c1-6-21(4)29-27(33)25(7-2)30(19-22-12-8-11-20(3)17-22)26(32)15-10-16-31(36(5,34)35)24-14-9-13-23(28)18-24/h8-9,11-14,17-18,21,25H,6-7,10,15-16,19H2,1-5H3,(H,29,33)/t21-,25+/m0/s1. The van der Waals surface area contributed by atoms with Gasteiger partial charge in [-0.2, -0.15) is 0 Å². The number of carbonyl (C=O) groups excluding carboxylic acids is 2. The van der Waals surface area contributed by atoms with E-state index >= 15 is 0 Å². The number of halogens is 1. The topological polar surface area (TPSA) is 86.8 Å². The summed E-state index contributed by atoms with van der Waals surface area (Å²) in [5, 5.41) is 3.43. The minimum absolute atomic E-state index is 0.00323. The fourth-order valence-corrected chi connectivity index (χ4v) is 5.14. The molecule has 0 saturated heterocycles. The molecule has 7 nitrogen and oxygen atoms in total. The first-order chi connectivity index (χ1) is 17.0. The Morgan fingerprint density at radius 3 is 2.33 bits per heavy atom. The molecule has 0 saturated carbocycles. The maximum Gasteiger partial charge on any atom is 0.243 e. The number of carbonyl (C=O) groups is 2. The maximum absolute atomic E-state index is 13.5. The molecule has 0 aliphatic rings. The summed E-state index contributed by atoms with van der Waals surface area (Å²) in [6.45, 7) is 8.23. The zero-order valence-electron chi connectivity index (χ0n) is 21.8. The summed E-state index contributed by atoms with van der Waals surface area (Å²) in [7, 11) is -3.57. The van der Waals surface area contributed by atoms with Gasteiger partial charge in [-0.1, -0.05) is 61.3 Å². The van der Waals surface area contributed by atoms with E-state index in [2.05, 4.69) is 5.32 Å². The summed E-state index contributed by atoms with van der Waals surface area (Å²) >= 11 is 6.06. The molecular formula is C27H38ClN3O4S. The predicted octanol–water partition coefficient (Wildman–Crippen LogP) is 4.92. The molecule has 198 valence electrons. The number of benzene rings is 2. The molecule has 2 amide bonds. The number of hydrogen-bond donors (Lipinski definition) is 1. The largest absolute Gasteiger partial charge is 0.352 e. The Labute approximate surface area is 220 Å². The van der Waals surface area contributed by atoms with Crippen LogP contribution in [0.2, 0.25) is 5.02 Å². The highest BCUT2D eigenvalue weighted by Gasteiger charge is 2.29. The minimum atomic E-state index is -3.57. The zero-order valence-corrected chi connectivity index (χ0v) is 23.4. The van der Waals surface area contributed by atoms with Gasteiger partial charge < -0.3 is 10.2 Å². The number of anilines is 1. The van der Waals surface area contributed by atoms with E-state index in [0.29, 0.717) is 30.1 Å². The van der Waals surface area contributed by atoms with Crippen LogP contribution in [0.25, 0.3) is 0 Å². The van der Waals surface area contributed by atoms with Crippen molar-refractivity contribution in [1.82, 2.24) is 10.2 Å². The van der Waals surface area contributed by atoms with Crippen molar-refractivity contribution in [3.8, 4) is 0 Å². The van der Waals surface area contributed by atoms with Gasteiger partial charge in [0, 0.05) is 30.6 Å². The molecule has 0 aliphatic carbocycles. The van der Waals surface area contributed by atoms with Gasteiger partial charge in [0.2, 0.25) is 21.8 Å². The van der Waals surface area contributed by atoms with Crippen LogP contribution in [-0.2, 0) is 26.2 Å². The molecule has 0 aliphatic heterocycles. The van der Waals surface area contributed by atoms with Crippen molar-refractivity contribution < 1.29 is 18.0 Å². The molecule has 1 N–H and O–H groups in total. The molecule has 0 bridgehead atoms. The molecule has 0 radical (unpaired) electrons. The van der Waals surface area contributed by atoms with Crippen molar-refractivity contribution in [2.45, 2.75) is 72.0 Å². The summed E-state index contributed by atoms with van der Waals surface area (Å²) in [6.07, 6.45) is 2.79. The number of nitrogens with one attached hydrogen (secondary N) is 1.